The van der Waals surface area contributed by atoms with Crippen molar-refractivity contribution in [3.8, 4) is 5.75 Å². The van der Waals surface area contributed by atoms with Crippen LogP contribution in [0, 0.1) is 6.92 Å². The molecule has 0 aliphatic carbocycles. The highest BCUT2D eigenvalue weighted by Gasteiger charge is 2.11. The molecule has 2 aromatic rings. The fourth-order valence-corrected chi connectivity index (χ4v) is 2.61. The van der Waals surface area contributed by atoms with Crippen LogP contribution in [0.3, 0.4) is 0 Å². The first-order valence-corrected chi connectivity index (χ1v) is 7.09. The Hall–Kier alpha value is -1.52. The van der Waals surface area contributed by atoms with Gasteiger partial charge in [0, 0.05) is 16.2 Å². The van der Waals surface area contributed by atoms with Crippen LogP contribution >= 0.6 is 27.5 Å². The number of hydrogen-bond acceptors (Lipinski definition) is 2. The molecule has 1 N–H and O–H groups in total. The smallest absolute Gasteiger partial charge is 0.256 e. The fourth-order valence-electron chi connectivity index (χ4n) is 1.74. The summed E-state index contributed by atoms with van der Waals surface area (Å²) in [4.78, 5) is 12.2. The molecule has 0 saturated carbocycles. The van der Waals surface area contributed by atoms with Crippen LogP contribution in [0.25, 0.3) is 0 Å². The Kier molecular flexibility index (Phi) is 4.68. The number of hydrogen-bond donors (Lipinski definition) is 1. The van der Waals surface area contributed by atoms with Crippen molar-refractivity contribution in [2.75, 3.05) is 12.4 Å². The molecule has 1 amide bonds. The van der Waals surface area contributed by atoms with Gasteiger partial charge in [-0.15, -0.1) is 0 Å². The van der Waals surface area contributed by atoms with Crippen molar-refractivity contribution in [2.45, 2.75) is 6.92 Å². The first-order chi connectivity index (χ1) is 9.51. The Labute approximate surface area is 131 Å². The Morgan fingerprint density at radius 3 is 2.65 bits per heavy atom. The Morgan fingerprint density at radius 1 is 1.25 bits per heavy atom. The van der Waals surface area contributed by atoms with Crippen molar-refractivity contribution >= 4 is 39.1 Å². The molecule has 0 heterocycles. The SMILES string of the molecule is COc1cc(NC(=O)c2ccc(C)cc2Br)ccc1Cl. The summed E-state index contributed by atoms with van der Waals surface area (Å²) in [6.45, 7) is 1.97. The normalized spacial score (nSPS) is 10.2. The van der Waals surface area contributed by atoms with Gasteiger partial charge in [-0.2, -0.15) is 0 Å². The summed E-state index contributed by atoms with van der Waals surface area (Å²) < 4.78 is 5.88. The monoisotopic (exact) mass is 353 g/mol. The number of anilines is 1. The number of ether oxygens (including phenoxy) is 1. The number of benzene rings is 2. The molecule has 0 saturated heterocycles. The quantitative estimate of drug-likeness (QED) is 0.869. The van der Waals surface area contributed by atoms with Crippen LogP contribution in [-0.2, 0) is 0 Å². The average Bonchev–Trinajstić information content (AvgIpc) is 2.40. The average molecular weight is 355 g/mol. The predicted octanol–water partition coefficient (Wildman–Crippen LogP) is 4.67. The number of amides is 1. The number of nitrogens with one attached hydrogen (secondary N) is 1. The van der Waals surface area contributed by atoms with E-state index in [1.54, 1.807) is 24.3 Å². The molecule has 2 aromatic carbocycles. The molecular formula is C15H13BrClNO2. The Balaban J connectivity index is 2.23. The van der Waals surface area contributed by atoms with Gasteiger partial charge in [-0.3, -0.25) is 4.79 Å². The van der Waals surface area contributed by atoms with Gasteiger partial charge in [0.05, 0.1) is 17.7 Å². The maximum Gasteiger partial charge on any atom is 0.256 e. The molecule has 0 unspecified atom stereocenters. The second kappa shape index (κ2) is 6.29. The molecule has 0 aliphatic heterocycles. The summed E-state index contributed by atoms with van der Waals surface area (Å²) in [6, 6.07) is 10.7. The summed E-state index contributed by atoms with van der Waals surface area (Å²) in [5, 5.41) is 3.31. The summed E-state index contributed by atoms with van der Waals surface area (Å²) in [7, 11) is 1.53. The molecule has 104 valence electrons. The first-order valence-electron chi connectivity index (χ1n) is 5.92. The number of methoxy groups -OCH3 is 1. The van der Waals surface area contributed by atoms with Crippen LogP contribution in [0.2, 0.25) is 5.02 Å². The van der Waals surface area contributed by atoms with E-state index in [0.717, 1.165) is 10.0 Å². The number of halogens is 2. The largest absolute Gasteiger partial charge is 0.495 e. The van der Waals surface area contributed by atoms with Crippen LogP contribution in [0.5, 0.6) is 5.75 Å². The molecule has 0 radical (unpaired) electrons. The van der Waals surface area contributed by atoms with E-state index >= 15 is 0 Å². The van der Waals surface area contributed by atoms with Crippen LogP contribution in [0.1, 0.15) is 15.9 Å². The zero-order valence-electron chi connectivity index (χ0n) is 11.0. The maximum absolute atomic E-state index is 12.2. The third-order valence-corrected chi connectivity index (χ3v) is 3.75. The van der Waals surface area contributed by atoms with Crippen LogP contribution in [0.4, 0.5) is 5.69 Å². The Bertz CT molecular complexity index is 658. The lowest BCUT2D eigenvalue weighted by atomic mass is 10.1. The molecule has 20 heavy (non-hydrogen) atoms. The molecule has 0 bridgehead atoms. The minimum absolute atomic E-state index is 0.193. The van der Waals surface area contributed by atoms with Gasteiger partial charge in [0.15, 0.2) is 0 Å². The predicted molar refractivity (Wildman–Crippen MR) is 84.8 cm³/mol. The topological polar surface area (TPSA) is 38.3 Å². The van der Waals surface area contributed by atoms with E-state index in [1.165, 1.54) is 7.11 Å². The van der Waals surface area contributed by atoms with Gasteiger partial charge >= 0.3 is 0 Å². The van der Waals surface area contributed by atoms with E-state index in [9.17, 15) is 4.79 Å². The van der Waals surface area contributed by atoms with E-state index in [4.69, 9.17) is 16.3 Å². The van der Waals surface area contributed by atoms with Gasteiger partial charge in [-0.1, -0.05) is 17.7 Å². The summed E-state index contributed by atoms with van der Waals surface area (Å²) in [5.74, 6) is 0.327. The summed E-state index contributed by atoms with van der Waals surface area (Å²) >= 11 is 9.34. The number of aryl methyl sites for hydroxylation is 1. The van der Waals surface area contributed by atoms with Gasteiger partial charge in [0.2, 0.25) is 0 Å². The minimum atomic E-state index is -0.193. The van der Waals surface area contributed by atoms with E-state index in [1.807, 2.05) is 19.1 Å². The zero-order chi connectivity index (χ0) is 14.7. The lowest BCUT2D eigenvalue weighted by Gasteiger charge is -2.09. The summed E-state index contributed by atoms with van der Waals surface area (Å²) in [5.41, 5.74) is 2.29. The molecule has 0 aromatic heterocycles. The third kappa shape index (κ3) is 3.32. The maximum atomic E-state index is 12.2. The van der Waals surface area contributed by atoms with E-state index in [0.29, 0.717) is 22.0 Å². The van der Waals surface area contributed by atoms with Gasteiger partial charge in [0.1, 0.15) is 5.75 Å². The highest BCUT2D eigenvalue weighted by Crippen LogP contribution is 2.28. The third-order valence-electron chi connectivity index (χ3n) is 2.78. The van der Waals surface area contributed by atoms with Crippen molar-refractivity contribution in [1.29, 1.82) is 0 Å². The van der Waals surface area contributed by atoms with Crippen molar-refractivity contribution in [3.63, 3.8) is 0 Å². The second-order valence-corrected chi connectivity index (χ2v) is 5.55. The summed E-state index contributed by atoms with van der Waals surface area (Å²) in [6.07, 6.45) is 0. The molecule has 2 rings (SSSR count). The van der Waals surface area contributed by atoms with Gasteiger partial charge in [0.25, 0.3) is 5.91 Å². The van der Waals surface area contributed by atoms with Crippen LogP contribution < -0.4 is 10.1 Å². The van der Waals surface area contributed by atoms with Crippen molar-refractivity contribution in [1.82, 2.24) is 0 Å². The highest BCUT2D eigenvalue weighted by atomic mass is 79.9. The minimum Gasteiger partial charge on any atom is -0.495 e. The number of carbonyl (C=O) groups is 1. The molecule has 0 spiro atoms. The van der Waals surface area contributed by atoms with E-state index in [-0.39, 0.29) is 5.91 Å². The van der Waals surface area contributed by atoms with Crippen LogP contribution in [0.15, 0.2) is 40.9 Å². The van der Waals surface area contributed by atoms with Crippen molar-refractivity contribution in [3.05, 3.63) is 57.0 Å². The lowest BCUT2D eigenvalue weighted by Crippen LogP contribution is -2.12. The molecule has 5 heteroatoms. The van der Waals surface area contributed by atoms with Crippen molar-refractivity contribution < 1.29 is 9.53 Å². The van der Waals surface area contributed by atoms with Gasteiger partial charge < -0.3 is 10.1 Å². The molecule has 0 aliphatic rings. The van der Waals surface area contributed by atoms with Gasteiger partial charge in [-0.25, -0.2) is 0 Å². The Morgan fingerprint density at radius 2 is 2.00 bits per heavy atom. The van der Waals surface area contributed by atoms with Crippen LogP contribution in [-0.4, -0.2) is 13.0 Å². The lowest BCUT2D eigenvalue weighted by molar-refractivity contribution is 0.102. The number of carbonyl (C=O) groups excluding carboxylic acids is 1. The first kappa shape index (κ1) is 14.9. The highest BCUT2D eigenvalue weighted by molar-refractivity contribution is 9.10. The standard InChI is InChI=1S/C15H13BrClNO2/c1-9-3-5-11(12(16)7-9)15(19)18-10-4-6-13(17)14(8-10)20-2/h3-8H,1-2H3,(H,18,19). The van der Waals surface area contributed by atoms with Gasteiger partial charge in [-0.05, 0) is 52.7 Å². The zero-order valence-corrected chi connectivity index (χ0v) is 13.4. The van der Waals surface area contributed by atoms with Crippen molar-refractivity contribution in [2.24, 2.45) is 0 Å². The second-order valence-electron chi connectivity index (χ2n) is 4.29. The molecule has 0 atom stereocenters. The molecule has 3 nitrogen and oxygen atoms in total. The molecular weight excluding hydrogens is 342 g/mol. The fraction of sp³-hybridized carbons (Fsp3) is 0.133. The van der Waals surface area contributed by atoms with E-state index < -0.39 is 0 Å². The number of rotatable bonds is 3. The van der Waals surface area contributed by atoms with E-state index in [2.05, 4.69) is 21.2 Å². The molecule has 0 fully saturated rings.